The second-order valence-electron chi connectivity index (χ2n) is 5.99. The molecule has 1 heterocycles. The minimum atomic E-state index is -0.436. The molecule has 0 aliphatic rings. The van der Waals surface area contributed by atoms with Gasteiger partial charge in [-0.05, 0) is 29.7 Å². The fraction of sp³-hybridized carbons (Fsp3) is 0.238. The maximum absolute atomic E-state index is 11.9. The number of carbonyl (C=O) groups is 1. The average Bonchev–Trinajstić information content (AvgIpc) is 2.69. The normalized spacial score (nSPS) is 10.7. The molecule has 140 valence electrons. The van der Waals surface area contributed by atoms with Crippen molar-refractivity contribution in [3.05, 3.63) is 65.0 Å². The van der Waals surface area contributed by atoms with Crippen LogP contribution in [0.5, 0.6) is 5.75 Å². The summed E-state index contributed by atoms with van der Waals surface area (Å²) in [7, 11) is 1.62. The Morgan fingerprint density at radius 3 is 2.70 bits per heavy atom. The van der Waals surface area contributed by atoms with Crippen molar-refractivity contribution in [2.75, 3.05) is 26.9 Å². The molecule has 1 aromatic heterocycles. The lowest BCUT2D eigenvalue weighted by atomic mass is 10.0. The maximum atomic E-state index is 11.9. The SMILES string of the molecule is COCCCNC(=O)COc1ccc2c(-c3ccccc3)cc(=O)oc2c1. The van der Waals surface area contributed by atoms with Gasteiger partial charge in [0.2, 0.25) is 0 Å². The smallest absolute Gasteiger partial charge is 0.336 e. The van der Waals surface area contributed by atoms with Gasteiger partial charge in [0.25, 0.3) is 5.91 Å². The van der Waals surface area contributed by atoms with Crippen LogP contribution in [0, 0.1) is 0 Å². The Bertz CT molecular complexity index is 965. The molecule has 3 aromatic rings. The van der Waals surface area contributed by atoms with Crippen molar-refractivity contribution in [3.63, 3.8) is 0 Å². The van der Waals surface area contributed by atoms with Crippen LogP contribution < -0.4 is 15.7 Å². The zero-order chi connectivity index (χ0) is 19.1. The van der Waals surface area contributed by atoms with Crippen molar-refractivity contribution in [1.29, 1.82) is 0 Å². The van der Waals surface area contributed by atoms with Crippen LogP contribution in [0.4, 0.5) is 0 Å². The molecule has 0 bridgehead atoms. The van der Waals surface area contributed by atoms with Crippen molar-refractivity contribution in [2.24, 2.45) is 0 Å². The summed E-state index contributed by atoms with van der Waals surface area (Å²) in [6.07, 6.45) is 0.742. The van der Waals surface area contributed by atoms with Crippen LogP contribution in [0.3, 0.4) is 0 Å². The van der Waals surface area contributed by atoms with Gasteiger partial charge in [0.15, 0.2) is 6.61 Å². The largest absolute Gasteiger partial charge is 0.484 e. The summed E-state index contributed by atoms with van der Waals surface area (Å²) in [5.41, 5.74) is 1.71. The summed E-state index contributed by atoms with van der Waals surface area (Å²) in [4.78, 5) is 23.7. The molecule has 0 spiro atoms. The molecule has 6 heteroatoms. The van der Waals surface area contributed by atoms with E-state index in [1.807, 2.05) is 36.4 Å². The predicted molar refractivity (Wildman–Crippen MR) is 103 cm³/mol. The first-order chi connectivity index (χ1) is 13.2. The predicted octanol–water partition coefficient (Wildman–Crippen LogP) is 2.99. The number of benzene rings is 2. The lowest BCUT2D eigenvalue weighted by Crippen LogP contribution is -2.30. The van der Waals surface area contributed by atoms with Gasteiger partial charge >= 0.3 is 5.63 Å². The summed E-state index contributed by atoms with van der Waals surface area (Å²) >= 11 is 0. The van der Waals surface area contributed by atoms with Crippen molar-refractivity contribution in [3.8, 4) is 16.9 Å². The first kappa shape index (κ1) is 18.7. The number of ether oxygens (including phenoxy) is 2. The second-order valence-corrected chi connectivity index (χ2v) is 5.99. The van der Waals surface area contributed by atoms with Crippen LogP contribution in [-0.4, -0.2) is 32.8 Å². The number of hydrogen-bond donors (Lipinski definition) is 1. The van der Waals surface area contributed by atoms with Crippen LogP contribution in [0.1, 0.15) is 6.42 Å². The van der Waals surface area contributed by atoms with Gasteiger partial charge in [-0.3, -0.25) is 4.79 Å². The molecule has 2 aromatic carbocycles. The van der Waals surface area contributed by atoms with Gasteiger partial charge < -0.3 is 19.2 Å². The summed E-state index contributed by atoms with van der Waals surface area (Å²) in [5.74, 6) is 0.244. The lowest BCUT2D eigenvalue weighted by Gasteiger charge is -2.09. The molecule has 0 saturated carbocycles. The fourth-order valence-corrected chi connectivity index (χ4v) is 2.73. The van der Waals surface area contributed by atoms with Crippen molar-refractivity contribution < 1.29 is 18.7 Å². The van der Waals surface area contributed by atoms with Gasteiger partial charge in [-0.2, -0.15) is 0 Å². The molecule has 0 aliphatic carbocycles. The standard InChI is InChI=1S/C21H21NO5/c1-25-11-5-10-22-20(23)14-26-16-8-9-17-18(15-6-3-2-4-7-15)13-21(24)27-19(17)12-16/h2-4,6-9,12-13H,5,10-11,14H2,1H3,(H,22,23). The quantitative estimate of drug-likeness (QED) is 0.489. The number of carbonyl (C=O) groups excluding carboxylic acids is 1. The molecule has 0 saturated heterocycles. The number of fused-ring (bicyclic) bond motifs is 1. The number of methoxy groups -OCH3 is 1. The van der Waals surface area contributed by atoms with Gasteiger partial charge in [0.1, 0.15) is 11.3 Å². The molecular weight excluding hydrogens is 346 g/mol. The molecule has 0 aliphatic heterocycles. The Hall–Kier alpha value is -3.12. The highest BCUT2D eigenvalue weighted by Crippen LogP contribution is 2.29. The summed E-state index contributed by atoms with van der Waals surface area (Å²) < 4.78 is 15.8. The van der Waals surface area contributed by atoms with E-state index in [0.717, 1.165) is 22.9 Å². The van der Waals surface area contributed by atoms with Gasteiger partial charge in [-0.25, -0.2) is 4.79 Å². The van der Waals surface area contributed by atoms with E-state index in [2.05, 4.69) is 5.32 Å². The average molecular weight is 367 g/mol. The molecule has 3 rings (SSSR count). The first-order valence-corrected chi connectivity index (χ1v) is 8.69. The van der Waals surface area contributed by atoms with E-state index in [1.165, 1.54) is 6.07 Å². The molecule has 0 atom stereocenters. The van der Waals surface area contributed by atoms with Gasteiger partial charge in [0, 0.05) is 37.8 Å². The maximum Gasteiger partial charge on any atom is 0.336 e. The zero-order valence-corrected chi connectivity index (χ0v) is 15.1. The summed E-state index contributed by atoms with van der Waals surface area (Å²) in [6, 6.07) is 16.3. The number of amides is 1. The zero-order valence-electron chi connectivity index (χ0n) is 15.1. The number of nitrogens with one attached hydrogen (secondary N) is 1. The number of hydrogen-bond acceptors (Lipinski definition) is 5. The fourth-order valence-electron chi connectivity index (χ4n) is 2.73. The van der Waals surface area contributed by atoms with E-state index < -0.39 is 5.63 Å². The lowest BCUT2D eigenvalue weighted by molar-refractivity contribution is -0.123. The van der Waals surface area contributed by atoms with E-state index in [1.54, 1.807) is 19.2 Å². The van der Waals surface area contributed by atoms with E-state index in [9.17, 15) is 9.59 Å². The minimum absolute atomic E-state index is 0.110. The van der Waals surface area contributed by atoms with Crippen LogP contribution in [0.15, 0.2) is 63.8 Å². The number of rotatable bonds is 8. The Morgan fingerprint density at radius 2 is 1.93 bits per heavy atom. The third-order valence-electron chi connectivity index (χ3n) is 4.02. The Labute approximate surface area is 156 Å². The molecule has 27 heavy (non-hydrogen) atoms. The molecule has 0 fully saturated rings. The highest BCUT2D eigenvalue weighted by molar-refractivity contribution is 5.93. The Balaban J connectivity index is 1.74. The molecule has 1 N–H and O–H groups in total. The van der Waals surface area contributed by atoms with Crippen LogP contribution in [0.25, 0.3) is 22.1 Å². The highest BCUT2D eigenvalue weighted by Gasteiger charge is 2.10. The van der Waals surface area contributed by atoms with Gasteiger partial charge in [-0.1, -0.05) is 30.3 Å². The van der Waals surface area contributed by atoms with E-state index in [4.69, 9.17) is 13.9 Å². The topological polar surface area (TPSA) is 77.8 Å². The minimum Gasteiger partial charge on any atom is -0.484 e. The van der Waals surface area contributed by atoms with Crippen LogP contribution >= 0.6 is 0 Å². The second kappa shape index (κ2) is 9.00. The van der Waals surface area contributed by atoms with Gasteiger partial charge in [-0.15, -0.1) is 0 Å². The van der Waals surface area contributed by atoms with Gasteiger partial charge in [0.05, 0.1) is 0 Å². The third kappa shape index (κ3) is 4.95. The molecule has 0 radical (unpaired) electrons. The van der Waals surface area contributed by atoms with Crippen LogP contribution in [0.2, 0.25) is 0 Å². The van der Waals surface area contributed by atoms with Crippen molar-refractivity contribution in [2.45, 2.75) is 6.42 Å². The Morgan fingerprint density at radius 1 is 1.11 bits per heavy atom. The molecule has 6 nitrogen and oxygen atoms in total. The van der Waals surface area contributed by atoms with E-state index in [0.29, 0.717) is 24.5 Å². The monoisotopic (exact) mass is 367 g/mol. The van der Waals surface area contributed by atoms with Crippen molar-refractivity contribution >= 4 is 16.9 Å². The molecule has 1 amide bonds. The first-order valence-electron chi connectivity index (χ1n) is 8.69. The highest BCUT2D eigenvalue weighted by atomic mass is 16.5. The third-order valence-corrected chi connectivity index (χ3v) is 4.02. The summed E-state index contributed by atoms with van der Waals surface area (Å²) in [5, 5.41) is 3.55. The molecule has 0 unspecified atom stereocenters. The van der Waals surface area contributed by atoms with E-state index in [-0.39, 0.29) is 12.5 Å². The molecular formula is C21H21NO5. The van der Waals surface area contributed by atoms with E-state index >= 15 is 0 Å². The summed E-state index contributed by atoms with van der Waals surface area (Å²) in [6.45, 7) is 1.01. The Kier molecular flexibility index (Phi) is 6.22. The van der Waals surface area contributed by atoms with Crippen LogP contribution in [-0.2, 0) is 9.53 Å². The van der Waals surface area contributed by atoms with Crippen molar-refractivity contribution in [1.82, 2.24) is 5.32 Å².